The highest BCUT2D eigenvalue weighted by Crippen LogP contribution is 2.42. The Bertz CT molecular complexity index is 4170. The third kappa shape index (κ3) is 6.21. The number of rotatable bonds is 4. The quantitative estimate of drug-likeness (QED) is 0.168. The van der Waals surface area contributed by atoms with Crippen LogP contribution in [0, 0.1) is 13.8 Å². The lowest BCUT2D eigenvalue weighted by molar-refractivity contribution is 1.17. The fraction of sp³-hybridized carbons (Fsp3) is 0.0476. The van der Waals surface area contributed by atoms with Crippen molar-refractivity contribution in [2.75, 3.05) is 0 Å². The summed E-state index contributed by atoms with van der Waals surface area (Å²) in [5.41, 5.74) is 17.3. The van der Waals surface area contributed by atoms with Crippen molar-refractivity contribution in [2.45, 2.75) is 20.3 Å². The summed E-state index contributed by atoms with van der Waals surface area (Å²) in [6.45, 7) is 4.35. The number of hydrogen-bond donors (Lipinski definition) is 0. The Labute approximate surface area is 388 Å². The monoisotopic (exact) mass is 858 g/mol. The van der Waals surface area contributed by atoms with Crippen LogP contribution in [0.4, 0.5) is 0 Å². The van der Waals surface area contributed by atoms with E-state index in [0.717, 1.165) is 6.42 Å². The molecular weight excluding hydrogens is 813 g/mol. The highest BCUT2D eigenvalue weighted by molar-refractivity contribution is 6.21. The van der Waals surface area contributed by atoms with Crippen LogP contribution in [0.1, 0.15) is 17.5 Å². The maximum atomic E-state index is 2.43. The average molecular weight is 859 g/mol. The minimum Gasteiger partial charge on any atom is -0.309 e. The van der Waals surface area contributed by atoms with Crippen molar-refractivity contribution in [2.24, 2.45) is 0 Å². The average Bonchev–Trinajstić information content (AvgIpc) is 4.00. The van der Waals surface area contributed by atoms with Crippen LogP contribution in [-0.2, 0) is 0 Å². The van der Waals surface area contributed by atoms with Crippen LogP contribution < -0.4 is 0 Å². The summed E-state index contributed by atoms with van der Waals surface area (Å²) in [5, 5.41) is 10.3. The Morgan fingerprint density at radius 2 is 0.687 bits per heavy atom. The van der Waals surface area contributed by atoms with Crippen molar-refractivity contribution in [1.29, 1.82) is 0 Å². The van der Waals surface area contributed by atoms with Gasteiger partial charge in [0.1, 0.15) is 0 Å². The Balaban J connectivity index is 0.000000133. The van der Waals surface area contributed by atoms with E-state index in [4.69, 9.17) is 0 Å². The number of benzene rings is 9. The Morgan fingerprint density at radius 3 is 1.22 bits per heavy atom. The minimum atomic E-state index is 0.932. The molecule has 1 aliphatic rings. The molecule has 0 saturated carbocycles. The Morgan fingerprint density at radius 1 is 0.299 bits per heavy atom. The maximum Gasteiger partial charge on any atom is 0.0562 e. The van der Waals surface area contributed by atoms with Crippen molar-refractivity contribution in [1.82, 2.24) is 18.3 Å². The van der Waals surface area contributed by atoms with Gasteiger partial charge in [-0.3, -0.25) is 0 Å². The molecule has 0 unspecified atom stereocenters. The molecule has 4 nitrogen and oxygen atoms in total. The van der Waals surface area contributed by atoms with Crippen molar-refractivity contribution < 1.29 is 0 Å². The second-order valence-electron chi connectivity index (χ2n) is 17.8. The van der Waals surface area contributed by atoms with Crippen LogP contribution in [0.3, 0.4) is 0 Å². The molecular formula is C63H46N4. The topological polar surface area (TPSA) is 19.7 Å². The molecule has 67 heavy (non-hydrogen) atoms. The molecule has 4 aromatic heterocycles. The largest absolute Gasteiger partial charge is 0.309 e. The zero-order valence-electron chi connectivity index (χ0n) is 37.4. The third-order valence-electron chi connectivity index (χ3n) is 13.7. The number of hydrogen-bond acceptors (Lipinski definition) is 0. The fourth-order valence-corrected chi connectivity index (χ4v) is 10.8. The van der Waals surface area contributed by atoms with Crippen LogP contribution in [-0.4, -0.2) is 18.3 Å². The van der Waals surface area contributed by atoms with Gasteiger partial charge < -0.3 is 18.3 Å². The van der Waals surface area contributed by atoms with Crippen LogP contribution in [0.2, 0.25) is 0 Å². The molecule has 0 radical (unpaired) electrons. The normalized spacial score (nSPS) is 12.8. The van der Waals surface area contributed by atoms with E-state index in [-0.39, 0.29) is 0 Å². The van der Waals surface area contributed by atoms with Crippen molar-refractivity contribution in [3.05, 3.63) is 242 Å². The number of para-hydroxylation sites is 5. The van der Waals surface area contributed by atoms with Gasteiger partial charge in [-0.15, -0.1) is 0 Å². The zero-order valence-corrected chi connectivity index (χ0v) is 37.4. The van der Waals surface area contributed by atoms with E-state index in [9.17, 15) is 0 Å². The van der Waals surface area contributed by atoms with Gasteiger partial charge in [0.2, 0.25) is 0 Å². The van der Waals surface area contributed by atoms with E-state index in [1.807, 2.05) is 0 Å². The number of allylic oxidation sites excluding steroid dienone is 6. The second kappa shape index (κ2) is 15.5. The van der Waals surface area contributed by atoms with Gasteiger partial charge in [0.15, 0.2) is 0 Å². The summed E-state index contributed by atoms with van der Waals surface area (Å²) < 4.78 is 9.63. The van der Waals surface area contributed by atoms with Crippen LogP contribution in [0.15, 0.2) is 231 Å². The van der Waals surface area contributed by atoms with E-state index in [1.165, 1.54) is 121 Å². The highest BCUT2D eigenvalue weighted by atomic mass is 15.0. The molecule has 4 heteroatoms. The first kappa shape index (κ1) is 38.8. The molecule has 1 aliphatic carbocycles. The number of fused-ring (bicyclic) bond motifs is 12. The molecule has 9 aromatic carbocycles. The van der Waals surface area contributed by atoms with E-state index < -0.39 is 0 Å². The molecule has 0 aliphatic heterocycles. The molecule has 13 aromatic rings. The third-order valence-corrected chi connectivity index (χ3v) is 13.7. The summed E-state index contributed by atoms with van der Waals surface area (Å²) in [5.74, 6) is 0. The van der Waals surface area contributed by atoms with Gasteiger partial charge in [-0.2, -0.15) is 0 Å². The van der Waals surface area contributed by atoms with E-state index in [0.29, 0.717) is 0 Å². The van der Waals surface area contributed by atoms with Gasteiger partial charge in [-0.25, -0.2) is 0 Å². The number of aromatic nitrogens is 4. The van der Waals surface area contributed by atoms with Crippen molar-refractivity contribution in [3.8, 4) is 17.1 Å². The van der Waals surface area contributed by atoms with E-state index in [2.05, 4.69) is 263 Å². The number of aryl methyl sites for hydroxylation is 2. The van der Waals surface area contributed by atoms with Gasteiger partial charge >= 0.3 is 0 Å². The van der Waals surface area contributed by atoms with Crippen LogP contribution in [0.25, 0.3) is 110 Å². The van der Waals surface area contributed by atoms with Crippen molar-refractivity contribution in [3.63, 3.8) is 0 Å². The summed E-state index contributed by atoms with van der Waals surface area (Å²) in [6.07, 6.45) is 11.9. The molecule has 4 heterocycles. The molecule has 14 rings (SSSR count). The van der Waals surface area contributed by atoms with Gasteiger partial charge in [0.25, 0.3) is 0 Å². The predicted molar refractivity (Wildman–Crippen MR) is 286 cm³/mol. The predicted octanol–water partition coefficient (Wildman–Crippen LogP) is 16.7. The molecule has 0 bridgehead atoms. The van der Waals surface area contributed by atoms with Gasteiger partial charge in [-0.1, -0.05) is 139 Å². The molecule has 318 valence electrons. The van der Waals surface area contributed by atoms with E-state index in [1.54, 1.807) is 0 Å². The lowest BCUT2D eigenvalue weighted by atomic mass is 10.1. The maximum absolute atomic E-state index is 2.43. The molecule has 0 saturated heterocycles. The minimum absolute atomic E-state index is 0.932. The number of nitrogens with zero attached hydrogens (tertiary/aromatic N) is 4. The van der Waals surface area contributed by atoms with E-state index >= 15 is 0 Å². The molecule has 0 atom stereocenters. The lowest BCUT2D eigenvalue weighted by Crippen LogP contribution is -1.96. The Kier molecular flexibility index (Phi) is 9.00. The summed E-state index contributed by atoms with van der Waals surface area (Å²) in [6, 6.07) is 72.7. The van der Waals surface area contributed by atoms with Crippen molar-refractivity contribution >= 4 is 92.9 Å². The van der Waals surface area contributed by atoms with Crippen LogP contribution in [0.5, 0.6) is 0 Å². The molecule has 0 N–H and O–H groups in total. The molecule has 0 amide bonds. The lowest BCUT2D eigenvalue weighted by Gasteiger charge is -2.10. The first-order valence-corrected chi connectivity index (χ1v) is 23.2. The smallest absolute Gasteiger partial charge is 0.0562 e. The standard InChI is InChI=1S/C32H24N2.C31H22N2/c1-22-17-18-30-26(19-22)28-20-27-25-15-9-10-16-29(25)33(23-13-7-4-8-14-23)31(27)21-32(28)34(30)24-11-5-2-3-6-12-24;1-21-16-17-29-25(18-21)27-20-30-26(19-31(27)33(29)23-12-6-3-7-13-23)24-14-8-9-15-28(24)32(30)22-10-4-2-5-11-22/h2-5,7-21H,6H2,1H3;2-20H,1H3. The summed E-state index contributed by atoms with van der Waals surface area (Å²) >= 11 is 0. The first-order valence-electron chi connectivity index (χ1n) is 23.2. The van der Waals surface area contributed by atoms with Gasteiger partial charge in [-0.05, 0) is 123 Å². The highest BCUT2D eigenvalue weighted by Gasteiger charge is 2.20. The summed E-state index contributed by atoms with van der Waals surface area (Å²) in [4.78, 5) is 0. The summed E-state index contributed by atoms with van der Waals surface area (Å²) in [7, 11) is 0. The molecule has 0 spiro atoms. The van der Waals surface area contributed by atoms with Gasteiger partial charge in [0.05, 0.1) is 44.1 Å². The zero-order chi connectivity index (χ0) is 44.6. The SMILES string of the molecule is Cc1ccc2c(c1)c1cc3c(cc1n2-c1ccccc1)c1ccccc1n3-c1ccccc1.Cc1ccc2c(c1)c1cc3c4ccccc4n(-c4ccccc4)c3cc1n2C1=CCC=CC=C1. The second-order valence-corrected chi connectivity index (χ2v) is 17.8. The van der Waals surface area contributed by atoms with Gasteiger partial charge in [0, 0.05) is 65.8 Å². The first-order chi connectivity index (χ1) is 33.1. The molecule has 0 fully saturated rings. The fourth-order valence-electron chi connectivity index (χ4n) is 10.8. The van der Waals surface area contributed by atoms with Crippen LogP contribution >= 0.6 is 0 Å². The Hall–Kier alpha value is -8.60.